The Morgan fingerprint density at radius 3 is 2.61 bits per heavy atom. The van der Waals surface area contributed by atoms with Crippen LogP contribution in [0.2, 0.25) is 0 Å². The molecule has 0 spiro atoms. The Kier molecular flexibility index (Phi) is 2.94. The van der Waals surface area contributed by atoms with Gasteiger partial charge in [-0.25, -0.2) is 13.4 Å². The summed E-state index contributed by atoms with van der Waals surface area (Å²) in [5.74, 6) is 1.31. The van der Waals surface area contributed by atoms with Crippen molar-refractivity contribution in [2.75, 3.05) is 6.54 Å². The Hall–Kier alpha value is -0.880. The molecule has 100 valence electrons. The van der Waals surface area contributed by atoms with Crippen LogP contribution in [-0.2, 0) is 16.4 Å². The van der Waals surface area contributed by atoms with Crippen molar-refractivity contribution in [3.05, 3.63) is 12.0 Å². The van der Waals surface area contributed by atoms with Gasteiger partial charge in [0.05, 0.1) is 6.20 Å². The van der Waals surface area contributed by atoms with Crippen LogP contribution < -0.4 is 0 Å². The predicted molar refractivity (Wildman–Crippen MR) is 67.6 cm³/mol. The third-order valence-corrected chi connectivity index (χ3v) is 5.44. The number of aryl methyl sites for hydroxylation is 1. The molecule has 1 heterocycles. The summed E-state index contributed by atoms with van der Waals surface area (Å²) in [7, 11) is -3.37. The minimum absolute atomic E-state index is 0.226. The molecule has 18 heavy (non-hydrogen) atoms. The number of H-pyrrole nitrogens is 1. The van der Waals surface area contributed by atoms with Crippen molar-refractivity contribution in [3.8, 4) is 0 Å². The SMILES string of the molecule is CCc1ncc(S(=O)(=O)N(CC2CC2)C2CC2)[nH]1. The highest BCUT2D eigenvalue weighted by molar-refractivity contribution is 7.89. The monoisotopic (exact) mass is 269 g/mol. The average Bonchev–Trinajstić information content (AvgIpc) is 3.24. The number of imidazole rings is 1. The Morgan fingerprint density at radius 2 is 2.11 bits per heavy atom. The minimum atomic E-state index is -3.37. The smallest absolute Gasteiger partial charge is 0.260 e. The van der Waals surface area contributed by atoms with Gasteiger partial charge < -0.3 is 4.98 Å². The molecule has 2 fully saturated rings. The fourth-order valence-corrected chi connectivity index (χ4v) is 3.84. The van der Waals surface area contributed by atoms with E-state index in [-0.39, 0.29) is 11.1 Å². The first-order chi connectivity index (χ1) is 8.61. The summed E-state index contributed by atoms with van der Waals surface area (Å²) in [5, 5.41) is 0.256. The van der Waals surface area contributed by atoms with E-state index in [2.05, 4.69) is 9.97 Å². The van der Waals surface area contributed by atoms with Gasteiger partial charge in [0.25, 0.3) is 10.0 Å². The predicted octanol–water partition coefficient (Wildman–Crippen LogP) is 1.54. The van der Waals surface area contributed by atoms with E-state index in [1.54, 1.807) is 4.31 Å². The molecule has 1 aromatic heterocycles. The molecule has 0 amide bonds. The Bertz CT molecular complexity index is 529. The molecule has 5 nitrogen and oxygen atoms in total. The maximum atomic E-state index is 12.6. The van der Waals surface area contributed by atoms with Crippen LogP contribution in [0.15, 0.2) is 11.2 Å². The molecule has 0 radical (unpaired) electrons. The molecule has 2 aliphatic rings. The van der Waals surface area contributed by atoms with E-state index in [1.165, 1.54) is 19.0 Å². The molecule has 0 aromatic carbocycles. The topological polar surface area (TPSA) is 66.1 Å². The van der Waals surface area contributed by atoms with Crippen LogP contribution in [0.5, 0.6) is 0 Å². The molecule has 0 aliphatic heterocycles. The largest absolute Gasteiger partial charge is 0.332 e. The maximum Gasteiger partial charge on any atom is 0.260 e. The summed E-state index contributed by atoms with van der Waals surface area (Å²) < 4.78 is 26.8. The highest BCUT2D eigenvalue weighted by Gasteiger charge is 2.41. The second-order valence-corrected chi connectivity index (χ2v) is 7.16. The van der Waals surface area contributed by atoms with Crippen molar-refractivity contribution in [1.82, 2.24) is 14.3 Å². The molecule has 2 saturated carbocycles. The molecule has 1 N–H and O–H groups in total. The summed E-state index contributed by atoms with van der Waals surface area (Å²) in [6, 6.07) is 0.226. The highest BCUT2D eigenvalue weighted by Crippen LogP contribution is 2.37. The number of nitrogens with zero attached hydrogens (tertiary/aromatic N) is 2. The van der Waals surface area contributed by atoms with E-state index in [0.717, 1.165) is 25.1 Å². The van der Waals surface area contributed by atoms with Gasteiger partial charge in [0.1, 0.15) is 5.82 Å². The maximum absolute atomic E-state index is 12.6. The number of aromatic amines is 1. The lowest BCUT2D eigenvalue weighted by atomic mass is 10.4. The molecule has 3 rings (SSSR count). The van der Waals surface area contributed by atoms with E-state index < -0.39 is 10.0 Å². The zero-order valence-corrected chi connectivity index (χ0v) is 11.4. The van der Waals surface area contributed by atoms with Crippen LogP contribution in [0.1, 0.15) is 38.4 Å². The third-order valence-electron chi connectivity index (χ3n) is 3.62. The van der Waals surface area contributed by atoms with E-state index >= 15 is 0 Å². The van der Waals surface area contributed by atoms with Gasteiger partial charge in [-0.3, -0.25) is 0 Å². The second kappa shape index (κ2) is 4.35. The van der Waals surface area contributed by atoms with Gasteiger partial charge in [0, 0.05) is 19.0 Å². The molecule has 0 unspecified atom stereocenters. The molecular weight excluding hydrogens is 250 g/mol. The van der Waals surface area contributed by atoms with Crippen molar-refractivity contribution < 1.29 is 8.42 Å². The fraction of sp³-hybridized carbons (Fsp3) is 0.750. The standard InChI is InChI=1S/C12H19N3O2S/c1-2-11-13-7-12(14-11)18(16,17)15(10-5-6-10)8-9-3-4-9/h7,9-10H,2-6,8H2,1H3,(H,13,14). The van der Waals surface area contributed by atoms with Gasteiger partial charge in [0.2, 0.25) is 0 Å². The number of sulfonamides is 1. The minimum Gasteiger partial charge on any atom is -0.332 e. The van der Waals surface area contributed by atoms with Gasteiger partial charge in [0.15, 0.2) is 5.03 Å². The van der Waals surface area contributed by atoms with E-state index in [0.29, 0.717) is 12.5 Å². The van der Waals surface area contributed by atoms with Crippen LogP contribution in [0.3, 0.4) is 0 Å². The average molecular weight is 269 g/mol. The van der Waals surface area contributed by atoms with Crippen molar-refractivity contribution >= 4 is 10.0 Å². The highest BCUT2D eigenvalue weighted by atomic mass is 32.2. The zero-order valence-electron chi connectivity index (χ0n) is 10.6. The van der Waals surface area contributed by atoms with Crippen molar-refractivity contribution in [2.45, 2.75) is 50.1 Å². The number of hydrogen-bond donors (Lipinski definition) is 1. The first-order valence-electron chi connectivity index (χ1n) is 6.67. The second-order valence-electron chi connectivity index (χ2n) is 5.30. The van der Waals surface area contributed by atoms with Gasteiger partial charge >= 0.3 is 0 Å². The molecular formula is C12H19N3O2S. The lowest BCUT2D eigenvalue weighted by molar-refractivity contribution is 0.387. The number of rotatable bonds is 6. The molecule has 6 heteroatoms. The Labute approximate surface area is 108 Å². The van der Waals surface area contributed by atoms with Gasteiger partial charge in [-0.2, -0.15) is 4.31 Å². The Balaban J connectivity index is 1.85. The van der Waals surface area contributed by atoms with E-state index in [9.17, 15) is 8.42 Å². The van der Waals surface area contributed by atoms with E-state index in [4.69, 9.17) is 0 Å². The lowest BCUT2D eigenvalue weighted by Gasteiger charge is -2.20. The normalized spacial score (nSPS) is 20.6. The fourth-order valence-electron chi connectivity index (χ4n) is 2.14. The summed E-state index contributed by atoms with van der Waals surface area (Å²) in [4.78, 5) is 7.02. The first-order valence-corrected chi connectivity index (χ1v) is 8.11. The Morgan fingerprint density at radius 1 is 1.39 bits per heavy atom. The summed E-state index contributed by atoms with van der Waals surface area (Å²) >= 11 is 0. The van der Waals surface area contributed by atoms with Crippen molar-refractivity contribution in [2.24, 2.45) is 5.92 Å². The molecule has 0 saturated heterocycles. The first kappa shape index (κ1) is 12.2. The van der Waals surface area contributed by atoms with Gasteiger partial charge in [-0.05, 0) is 31.6 Å². The lowest BCUT2D eigenvalue weighted by Crippen LogP contribution is -2.35. The summed E-state index contributed by atoms with van der Waals surface area (Å²) in [6.45, 7) is 2.64. The summed E-state index contributed by atoms with van der Waals surface area (Å²) in [5.41, 5.74) is 0. The third kappa shape index (κ3) is 2.31. The van der Waals surface area contributed by atoms with Crippen LogP contribution >= 0.6 is 0 Å². The van der Waals surface area contributed by atoms with Gasteiger partial charge in [-0.15, -0.1) is 0 Å². The number of hydrogen-bond acceptors (Lipinski definition) is 3. The molecule has 1 aromatic rings. The van der Waals surface area contributed by atoms with Crippen LogP contribution in [0, 0.1) is 5.92 Å². The zero-order chi connectivity index (χ0) is 12.8. The van der Waals surface area contributed by atoms with Crippen LogP contribution in [0.4, 0.5) is 0 Å². The van der Waals surface area contributed by atoms with Crippen molar-refractivity contribution in [1.29, 1.82) is 0 Å². The van der Waals surface area contributed by atoms with E-state index in [1.807, 2.05) is 6.92 Å². The quantitative estimate of drug-likeness (QED) is 0.851. The van der Waals surface area contributed by atoms with Crippen LogP contribution in [0.25, 0.3) is 0 Å². The van der Waals surface area contributed by atoms with Gasteiger partial charge in [-0.1, -0.05) is 6.92 Å². The molecule has 0 bridgehead atoms. The number of aromatic nitrogens is 2. The summed E-state index contributed by atoms with van der Waals surface area (Å²) in [6.07, 6.45) is 6.52. The number of nitrogens with one attached hydrogen (secondary N) is 1. The molecule has 0 atom stereocenters. The van der Waals surface area contributed by atoms with Crippen molar-refractivity contribution in [3.63, 3.8) is 0 Å². The van der Waals surface area contributed by atoms with Crippen LogP contribution in [-0.4, -0.2) is 35.3 Å². The molecule has 2 aliphatic carbocycles.